The smallest absolute Gasteiger partial charge is 0.223 e. The molecule has 0 amide bonds. The largest absolute Gasteiger partial charge is 0.497 e. The van der Waals surface area contributed by atoms with Crippen LogP contribution in [0.3, 0.4) is 0 Å². The molecule has 0 saturated carbocycles. The second-order valence-corrected chi connectivity index (χ2v) is 6.05. The summed E-state index contributed by atoms with van der Waals surface area (Å²) in [5, 5.41) is 4.33. The minimum absolute atomic E-state index is 0.276. The number of anilines is 3. The molecule has 0 atom stereocenters. The zero-order valence-electron chi connectivity index (χ0n) is 12.1. The van der Waals surface area contributed by atoms with E-state index in [9.17, 15) is 0 Å². The molecule has 5 nitrogen and oxygen atoms in total. The van der Waals surface area contributed by atoms with E-state index < -0.39 is 0 Å². The van der Waals surface area contributed by atoms with Crippen LogP contribution in [0, 0.1) is 13.8 Å². The fraction of sp³-hybridized carbons (Fsp3) is 0.200. The highest BCUT2D eigenvalue weighted by atomic mass is 32.1. The Morgan fingerprint density at radius 1 is 1.19 bits per heavy atom. The zero-order chi connectivity index (χ0) is 15.0. The molecule has 3 rings (SSSR count). The van der Waals surface area contributed by atoms with Crippen LogP contribution in [0.15, 0.2) is 24.3 Å². The molecular weight excluding hydrogens is 284 g/mol. The number of thiophene rings is 1. The predicted molar refractivity (Wildman–Crippen MR) is 87.6 cm³/mol. The number of methoxy groups -OCH3 is 1. The molecule has 0 saturated heterocycles. The molecule has 3 N–H and O–H groups in total. The van der Waals surface area contributed by atoms with Gasteiger partial charge in [-0.3, -0.25) is 0 Å². The van der Waals surface area contributed by atoms with Crippen LogP contribution in [0.5, 0.6) is 5.75 Å². The molecule has 0 aliphatic carbocycles. The van der Waals surface area contributed by atoms with Gasteiger partial charge in [-0.05, 0) is 43.7 Å². The van der Waals surface area contributed by atoms with Crippen molar-refractivity contribution in [2.45, 2.75) is 13.8 Å². The summed E-state index contributed by atoms with van der Waals surface area (Å²) in [6, 6.07) is 7.93. The van der Waals surface area contributed by atoms with Crippen molar-refractivity contribution in [3.8, 4) is 5.75 Å². The van der Waals surface area contributed by atoms with Gasteiger partial charge in [0.05, 0.1) is 12.5 Å². The third kappa shape index (κ3) is 2.62. The predicted octanol–water partition coefficient (Wildman–Crippen LogP) is 3.64. The van der Waals surface area contributed by atoms with Crippen LogP contribution in [0.25, 0.3) is 10.2 Å². The molecule has 108 valence electrons. The van der Waals surface area contributed by atoms with Crippen LogP contribution in [-0.2, 0) is 0 Å². The van der Waals surface area contributed by atoms with Crippen molar-refractivity contribution in [1.29, 1.82) is 0 Å². The van der Waals surface area contributed by atoms with E-state index in [1.54, 1.807) is 18.4 Å². The first-order chi connectivity index (χ1) is 10.1. The Morgan fingerprint density at radius 2 is 2.00 bits per heavy atom. The second-order valence-electron chi connectivity index (χ2n) is 4.81. The van der Waals surface area contributed by atoms with Crippen LogP contribution < -0.4 is 15.8 Å². The van der Waals surface area contributed by atoms with E-state index in [0.29, 0.717) is 0 Å². The Morgan fingerprint density at radius 3 is 2.71 bits per heavy atom. The third-order valence-corrected chi connectivity index (χ3v) is 4.16. The Labute approximate surface area is 126 Å². The fourth-order valence-corrected chi connectivity index (χ4v) is 3.07. The summed E-state index contributed by atoms with van der Waals surface area (Å²) >= 11 is 1.61. The minimum Gasteiger partial charge on any atom is -0.497 e. The van der Waals surface area contributed by atoms with Crippen LogP contribution in [0.2, 0.25) is 0 Å². The van der Waals surface area contributed by atoms with Gasteiger partial charge in [-0.15, -0.1) is 11.3 Å². The highest BCUT2D eigenvalue weighted by Crippen LogP contribution is 2.32. The van der Waals surface area contributed by atoms with E-state index in [0.717, 1.165) is 33.0 Å². The molecule has 2 aromatic heterocycles. The second kappa shape index (κ2) is 5.21. The maximum atomic E-state index is 5.80. The number of hydrogen-bond donors (Lipinski definition) is 2. The van der Waals surface area contributed by atoms with Crippen molar-refractivity contribution in [2.75, 3.05) is 18.2 Å². The summed E-state index contributed by atoms with van der Waals surface area (Å²) in [4.78, 5) is 10.7. The number of nitrogens with two attached hydrogens (primary N) is 1. The van der Waals surface area contributed by atoms with Crippen molar-refractivity contribution in [3.63, 3.8) is 0 Å². The van der Waals surface area contributed by atoms with Crippen molar-refractivity contribution in [2.24, 2.45) is 0 Å². The van der Waals surface area contributed by atoms with Gasteiger partial charge in [-0.25, -0.2) is 4.98 Å². The summed E-state index contributed by atoms with van der Waals surface area (Å²) in [6.07, 6.45) is 0. The van der Waals surface area contributed by atoms with Gasteiger partial charge in [-0.2, -0.15) is 4.98 Å². The van der Waals surface area contributed by atoms with Crippen LogP contribution in [-0.4, -0.2) is 17.1 Å². The van der Waals surface area contributed by atoms with Crippen molar-refractivity contribution in [1.82, 2.24) is 9.97 Å². The first kappa shape index (κ1) is 13.6. The number of aryl methyl sites for hydroxylation is 2. The normalized spacial score (nSPS) is 10.8. The summed E-state index contributed by atoms with van der Waals surface area (Å²) in [5.41, 5.74) is 7.84. The molecule has 0 unspecified atom stereocenters. The molecule has 1 aromatic carbocycles. The number of nitrogens with zero attached hydrogens (tertiary/aromatic N) is 2. The van der Waals surface area contributed by atoms with Gasteiger partial charge in [0.2, 0.25) is 5.95 Å². The summed E-state index contributed by atoms with van der Waals surface area (Å²) in [7, 11) is 1.66. The van der Waals surface area contributed by atoms with Gasteiger partial charge in [0.25, 0.3) is 0 Å². The molecule has 0 aliphatic heterocycles. The highest BCUT2D eigenvalue weighted by molar-refractivity contribution is 7.18. The van der Waals surface area contributed by atoms with Crippen molar-refractivity contribution < 1.29 is 4.74 Å². The van der Waals surface area contributed by atoms with E-state index >= 15 is 0 Å². The topological polar surface area (TPSA) is 73.1 Å². The van der Waals surface area contributed by atoms with Crippen molar-refractivity contribution >= 4 is 39.0 Å². The van der Waals surface area contributed by atoms with Gasteiger partial charge in [0.1, 0.15) is 16.4 Å². The van der Waals surface area contributed by atoms with E-state index in [1.165, 1.54) is 4.88 Å². The number of ether oxygens (including phenoxy) is 1. The fourth-order valence-electron chi connectivity index (χ4n) is 2.18. The maximum Gasteiger partial charge on any atom is 0.223 e. The Kier molecular flexibility index (Phi) is 3.39. The van der Waals surface area contributed by atoms with Gasteiger partial charge in [0, 0.05) is 10.6 Å². The van der Waals surface area contributed by atoms with E-state index in [2.05, 4.69) is 21.4 Å². The summed E-state index contributed by atoms with van der Waals surface area (Å²) < 4.78 is 5.22. The lowest BCUT2D eigenvalue weighted by Gasteiger charge is -2.11. The average Bonchev–Trinajstić information content (AvgIpc) is 2.81. The SMILES string of the molecule is COc1ccc(Nc2nc(N)nc3sc(C)cc23)c(C)c1. The number of fused-ring (bicyclic) bond motifs is 1. The monoisotopic (exact) mass is 300 g/mol. The quantitative estimate of drug-likeness (QED) is 0.772. The first-order valence-corrected chi connectivity index (χ1v) is 7.34. The summed E-state index contributed by atoms with van der Waals surface area (Å²) in [5.74, 6) is 1.84. The van der Waals surface area contributed by atoms with Gasteiger partial charge < -0.3 is 15.8 Å². The maximum absolute atomic E-state index is 5.80. The lowest BCUT2D eigenvalue weighted by atomic mass is 10.2. The van der Waals surface area contributed by atoms with Gasteiger partial charge in [-0.1, -0.05) is 0 Å². The van der Waals surface area contributed by atoms with Crippen LogP contribution in [0.1, 0.15) is 10.4 Å². The zero-order valence-corrected chi connectivity index (χ0v) is 12.9. The molecule has 0 aliphatic rings. The molecule has 3 aromatic rings. The Balaban J connectivity index is 2.05. The number of aromatic nitrogens is 2. The number of nitrogens with one attached hydrogen (secondary N) is 1. The Bertz CT molecular complexity index is 813. The first-order valence-electron chi connectivity index (χ1n) is 6.52. The third-order valence-electron chi connectivity index (χ3n) is 3.22. The molecule has 0 radical (unpaired) electrons. The lowest BCUT2D eigenvalue weighted by Crippen LogP contribution is -2.01. The molecular formula is C15H16N4OS. The minimum atomic E-state index is 0.276. The average molecular weight is 300 g/mol. The molecule has 6 heteroatoms. The highest BCUT2D eigenvalue weighted by Gasteiger charge is 2.10. The van der Waals surface area contributed by atoms with E-state index in [1.807, 2.05) is 32.0 Å². The van der Waals surface area contributed by atoms with Crippen LogP contribution >= 0.6 is 11.3 Å². The van der Waals surface area contributed by atoms with E-state index in [-0.39, 0.29) is 5.95 Å². The molecule has 0 bridgehead atoms. The Hall–Kier alpha value is -2.34. The number of rotatable bonds is 3. The number of nitrogen functional groups attached to an aromatic ring is 1. The van der Waals surface area contributed by atoms with Crippen LogP contribution in [0.4, 0.5) is 17.5 Å². The molecule has 0 spiro atoms. The lowest BCUT2D eigenvalue weighted by molar-refractivity contribution is 0.414. The number of hydrogen-bond acceptors (Lipinski definition) is 6. The molecule has 0 fully saturated rings. The molecule has 21 heavy (non-hydrogen) atoms. The standard InChI is InChI=1S/C15H16N4OS/c1-8-6-10(20-3)4-5-12(8)17-13-11-7-9(2)21-14(11)19-15(16)18-13/h4-7H,1-3H3,(H3,16,17,18,19). The van der Waals surface area contributed by atoms with Gasteiger partial charge >= 0.3 is 0 Å². The van der Waals surface area contributed by atoms with Gasteiger partial charge in [0.15, 0.2) is 0 Å². The van der Waals surface area contributed by atoms with Crippen molar-refractivity contribution in [3.05, 3.63) is 34.7 Å². The number of benzene rings is 1. The van der Waals surface area contributed by atoms with E-state index in [4.69, 9.17) is 10.5 Å². The molecule has 2 heterocycles. The summed E-state index contributed by atoms with van der Waals surface area (Å²) in [6.45, 7) is 4.07.